The number of imidazole rings is 2. The quantitative estimate of drug-likeness (QED) is 0.136. The Morgan fingerprint density at radius 3 is 1.79 bits per heavy atom. The van der Waals surface area contributed by atoms with E-state index in [1.807, 2.05) is 85.4 Å². The molecular formula is C45H52N8O4. The number of carbonyl (C=O) groups excluding carboxylic acids is 3. The van der Waals surface area contributed by atoms with Crippen LogP contribution in [-0.2, 0) is 27.2 Å². The van der Waals surface area contributed by atoms with Gasteiger partial charge < -0.3 is 29.8 Å². The molecule has 1 aliphatic carbocycles. The minimum atomic E-state index is -0.675. The number of amides is 3. The molecule has 2 aromatic heterocycles. The average molecular weight is 769 g/mol. The number of ether oxygens (including phenoxy) is 1. The molecule has 0 bridgehead atoms. The molecule has 1 unspecified atom stereocenters. The number of H-pyrrole nitrogens is 2. The number of methoxy groups -OCH3 is 1. The third-order valence-electron chi connectivity index (χ3n) is 11.9. The lowest BCUT2D eigenvalue weighted by Crippen LogP contribution is -2.51. The molecule has 57 heavy (non-hydrogen) atoms. The number of aromatic amines is 2. The van der Waals surface area contributed by atoms with Gasteiger partial charge in [0, 0.05) is 13.1 Å². The number of carbonyl (C=O) groups is 3. The van der Waals surface area contributed by atoms with Crippen LogP contribution in [0.1, 0.15) is 86.0 Å². The fourth-order valence-corrected chi connectivity index (χ4v) is 9.00. The van der Waals surface area contributed by atoms with Crippen molar-refractivity contribution in [2.24, 2.45) is 5.92 Å². The van der Waals surface area contributed by atoms with E-state index in [9.17, 15) is 14.4 Å². The summed E-state index contributed by atoms with van der Waals surface area (Å²) in [5.41, 5.74) is 10.1. The van der Waals surface area contributed by atoms with Crippen LogP contribution in [0.4, 0.5) is 4.79 Å². The highest BCUT2D eigenvalue weighted by molar-refractivity contribution is 5.87. The van der Waals surface area contributed by atoms with Crippen molar-refractivity contribution in [2.75, 3.05) is 34.3 Å². The summed E-state index contributed by atoms with van der Waals surface area (Å²) in [7, 11) is 5.22. The van der Waals surface area contributed by atoms with Gasteiger partial charge in [-0.05, 0) is 110 Å². The zero-order chi connectivity index (χ0) is 39.8. The standard InChI is InChI=1S/C45H52N8O4/c1-27(2)39(50-45(56)57-5)43(54)52-21-9-13-37(52)41-46-25-35(48-41)31-17-19-33-29(23-31)15-16-30-24-32(18-20-34(30)33)36-26-47-42(49-36)38-14-10-22-53(38)44(55)40(51(3)4)28-11-7-6-8-12-28/h6-8,11-12,17-20,23-27,37-40H,9-10,13-16,21-22H2,1-5H3,(H,46,48)(H,47,49)(H,50,56)/t37-,38-,39-,40?/m0/s1. The van der Waals surface area contributed by atoms with Gasteiger partial charge >= 0.3 is 6.09 Å². The van der Waals surface area contributed by atoms with Crippen LogP contribution in [0.2, 0.25) is 0 Å². The van der Waals surface area contributed by atoms with E-state index in [0.29, 0.717) is 6.54 Å². The highest BCUT2D eigenvalue weighted by Gasteiger charge is 2.39. The summed E-state index contributed by atoms with van der Waals surface area (Å²) >= 11 is 0. The Hall–Kier alpha value is -5.75. The maximum atomic E-state index is 14.0. The second kappa shape index (κ2) is 16.0. The van der Waals surface area contributed by atoms with Crippen LogP contribution >= 0.6 is 0 Å². The van der Waals surface area contributed by atoms with Gasteiger partial charge in [-0.15, -0.1) is 0 Å². The number of fused-ring (bicyclic) bond motifs is 3. The van der Waals surface area contributed by atoms with E-state index in [2.05, 4.69) is 51.7 Å². The molecule has 4 atom stereocenters. The van der Waals surface area contributed by atoms with Gasteiger partial charge in [0.25, 0.3) is 0 Å². The smallest absolute Gasteiger partial charge is 0.407 e. The van der Waals surface area contributed by atoms with Gasteiger partial charge in [0.2, 0.25) is 11.8 Å². The van der Waals surface area contributed by atoms with Gasteiger partial charge in [0.15, 0.2) is 0 Å². The fourth-order valence-electron chi connectivity index (χ4n) is 9.00. The van der Waals surface area contributed by atoms with E-state index < -0.39 is 12.1 Å². The van der Waals surface area contributed by atoms with Crippen molar-refractivity contribution >= 4 is 17.9 Å². The first-order chi connectivity index (χ1) is 27.6. The zero-order valence-corrected chi connectivity index (χ0v) is 33.4. The number of alkyl carbamates (subject to hydrolysis) is 1. The first kappa shape index (κ1) is 38.1. The molecule has 12 nitrogen and oxygen atoms in total. The number of aromatic nitrogens is 4. The van der Waals surface area contributed by atoms with Crippen molar-refractivity contribution in [3.05, 3.63) is 107 Å². The lowest BCUT2D eigenvalue weighted by Gasteiger charge is -2.31. The molecule has 0 spiro atoms. The third-order valence-corrected chi connectivity index (χ3v) is 11.9. The summed E-state index contributed by atoms with van der Waals surface area (Å²) in [6.07, 6.45) is 8.47. The number of benzene rings is 3. The minimum absolute atomic E-state index is 0.0887. The average Bonchev–Trinajstić information content (AvgIpc) is 4.06. The Morgan fingerprint density at radius 1 is 0.772 bits per heavy atom. The number of aryl methyl sites for hydroxylation is 2. The van der Waals surface area contributed by atoms with Crippen LogP contribution in [-0.4, -0.2) is 92.9 Å². The summed E-state index contributed by atoms with van der Waals surface area (Å²) < 4.78 is 4.78. The predicted octanol–water partition coefficient (Wildman–Crippen LogP) is 7.24. The lowest BCUT2D eigenvalue weighted by molar-refractivity contribution is -0.137. The van der Waals surface area contributed by atoms with Gasteiger partial charge in [0.05, 0.1) is 43.0 Å². The largest absolute Gasteiger partial charge is 0.453 e. The highest BCUT2D eigenvalue weighted by atomic mass is 16.5. The van der Waals surface area contributed by atoms with E-state index in [1.165, 1.54) is 29.4 Å². The van der Waals surface area contributed by atoms with Crippen LogP contribution in [0.15, 0.2) is 79.1 Å². The number of likely N-dealkylation sites (tertiary alicyclic amines) is 2. The number of hydrogen-bond donors (Lipinski definition) is 3. The molecule has 3 aliphatic rings. The van der Waals surface area contributed by atoms with Crippen molar-refractivity contribution < 1.29 is 19.1 Å². The Balaban J connectivity index is 0.972. The molecule has 12 heteroatoms. The number of nitrogens with one attached hydrogen (secondary N) is 3. The molecule has 3 aromatic carbocycles. The molecule has 8 rings (SSSR count). The van der Waals surface area contributed by atoms with Gasteiger partial charge in [-0.25, -0.2) is 14.8 Å². The molecule has 5 aromatic rings. The maximum absolute atomic E-state index is 14.0. The Bertz CT molecular complexity index is 2260. The normalized spacial score (nSPS) is 18.7. The number of likely N-dealkylation sites (N-methyl/N-ethyl adjacent to an activating group) is 1. The second-order valence-corrected chi connectivity index (χ2v) is 16.1. The highest BCUT2D eigenvalue weighted by Crippen LogP contribution is 2.40. The molecule has 0 radical (unpaired) electrons. The van der Waals surface area contributed by atoms with Crippen molar-refractivity contribution in [3.63, 3.8) is 0 Å². The van der Waals surface area contributed by atoms with Crippen molar-refractivity contribution in [1.82, 2.24) is 40.0 Å². The zero-order valence-electron chi connectivity index (χ0n) is 33.4. The molecule has 0 saturated carbocycles. The summed E-state index contributed by atoms with van der Waals surface area (Å²) in [6, 6.07) is 22.0. The predicted molar refractivity (Wildman–Crippen MR) is 219 cm³/mol. The summed E-state index contributed by atoms with van der Waals surface area (Å²) in [4.78, 5) is 62.1. The third kappa shape index (κ3) is 7.46. The van der Waals surface area contributed by atoms with E-state index in [0.717, 1.165) is 84.8 Å². The van der Waals surface area contributed by atoms with Crippen LogP contribution in [0.5, 0.6) is 0 Å². The van der Waals surface area contributed by atoms with E-state index in [1.54, 1.807) is 0 Å². The number of rotatable bonds is 10. The van der Waals surface area contributed by atoms with Gasteiger partial charge in [-0.1, -0.05) is 68.4 Å². The Morgan fingerprint density at radius 2 is 1.30 bits per heavy atom. The first-order valence-corrected chi connectivity index (χ1v) is 20.1. The molecular weight excluding hydrogens is 717 g/mol. The minimum Gasteiger partial charge on any atom is -0.453 e. The molecule has 3 amide bonds. The van der Waals surface area contributed by atoms with E-state index in [-0.39, 0.29) is 35.9 Å². The second-order valence-electron chi connectivity index (χ2n) is 16.1. The Kier molecular flexibility index (Phi) is 10.7. The van der Waals surface area contributed by atoms with Crippen LogP contribution in [0.25, 0.3) is 33.6 Å². The maximum Gasteiger partial charge on any atom is 0.407 e. The lowest BCUT2D eigenvalue weighted by atomic mass is 9.83. The molecule has 2 fully saturated rings. The van der Waals surface area contributed by atoms with Crippen LogP contribution < -0.4 is 5.32 Å². The SMILES string of the molecule is COC(=O)N[C@H](C(=O)N1CCC[C@H]1c1ncc(-c2ccc3c(c2)CCc2cc(-c4cnc([C@@H]5CCCN5C(=O)C(c5ccccc5)N(C)C)[nH]4)ccc2-3)[nH]1)C(C)C. The molecule has 296 valence electrons. The van der Waals surface area contributed by atoms with Crippen LogP contribution in [0.3, 0.4) is 0 Å². The summed E-state index contributed by atoms with van der Waals surface area (Å²) in [5.74, 6) is 1.48. The van der Waals surface area contributed by atoms with Crippen molar-refractivity contribution in [1.29, 1.82) is 0 Å². The first-order valence-electron chi connectivity index (χ1n) is 20.1. The van der Waals surface area contributed by atoms with Gasteiger partial charge in [0.1, 0.15) is 23.7 Å². The van der Waals surface area contributed by atoms with Crippen LogP contribution in [0, 0.1) is 5.92 Å². The number of nitrogens with zero attached hydrogens (tertiary/aromatic N) is 5. The number of hydrogen-bond acceptors (Lipinski definition) is 7. The molecule has 2 aliphatic heterocycles. The van der Waals surface area contributed by atoms with E-state index >= 15 is 0 Å². The Labute approximate surface area is 334 Å². The van der Waals surface area contributed by atoms with E-state index in [4.69, 9.17) is 14.7 Å². The fraction of sp³-hybridized carbons (Fsp3) is 0.400. The summed E-state index contributed by atoms with van der Waals surface area (Å²) in [5, 5.41) is 2.72. The van der Waals surface area contributed by atoms with Gasteiger partial charge in [-0.3, -0.25) is 14.5 Å². The summed E-state index contributed by atoms with van der Waals surface area (Å²) in [6.45, 7) is 5.16. The molecule has 4 heterocycles. The topological polar surface area (TPSA) is 140 Å². The van der Waals surface area contributed by atoms with Crippen molar-refractivity contribution in [2.45, 2.75) is 76.5 Å². The van der Waals surface area contributed by atoms with Crippen molar-refractivity contribution in [3.8, 4) is 33.6 Å². The molecule has 2 saturated heterocycles. The van der Waals surface area contributed by atoms with Gasteiger partial charge in [-0.2, -0.15) is 0 Å². The monoisotopic (exact) mass is 768 g/mol. The molecule has 3 N–H and O–H groups in total.